The van der Waals surface area contributed by atoms with E-state index in [2.05, 4.69) is 5.16 Å². The summed E-state index contributed by atoms with van der Waals surface area (Å²) in [5.41, 5.74) is 3.67. The first-order valence-electron chi connectivity index (χ1n) is 8.84. The van der Waals surface area contributed by atoms with E-state index in [-0.39, 0.29) is 6.61 Å². The quantitative estimate of drug-likeness (QED) is 0.319. The smallest absolute Gasteiger partial charge is 0.352 e. The lowest BCUT2D eigenvalue weighted by molar-refractivity contribution is 0.213. The van der Waals surface area contributed by atoms with E-state index >= 15 is 0 Å². The van der Waals surface area contributed by atoms with Crippen LogP contribution in [0.15, 0.2) is 41.6 Å². The molecular weight excluding hydrogens is 374 g/mol. The Labute approximate surface area is 170 Å². The SMILES string of the molecule is CON=C(C)c1ccc(OCc2c(OC)cccc2N(N)C(=O)N(C)N)c(C)c1. The number of rotatable bonds is 7. The summed E-state index contributed by atoms with van der Waals surface area (Å²) in [5, 5.41) is 5.80. The zero-order valence-electron chi connectivity index (χ0n) is 17.3. The molecular formula is C20H27N5O4. The third kappa shape index (κ3) is 5.15. The minimum Gasteiger partial charge on any atom is -0.496 e. The Kier molecular flexibility index (Phi) is 7.40. The molecule has 9 heteroatoms. The van der Waals surface area contributed by atoms with Gasteiger partial charge in [0.05, 0.1) is 24.1 Å². The Morgan fingerprint density at radius 1 is 1.14 bits per heavy atom. The predicted octanol–water partition coefficient (Wildman–Crippen LogP) is 2.56. The molecule has 156 valence electrons. The minimum absolute atomic E-state index is 0.139. The van der Waals surface area contributed by atoms with E-state index < -0.39 is 6.03 Å². The highest BCUT2D eigenvalue weighted by Gasteiger charge is 2.20. The molecule has 0 fully saturated rings. The Morgan fingerprint density at radius 2 is 1.86 bits per heavy atom. The number of oxime groups is 1. The van der Waals surface area contributed by atoms with Crippen LogP contribution in [0, 0.1) is 6.92 Å². The molecule has 0 bridgehead atoms. The molecule has 2 amide bonds. The van der Waals surface area contributed by atoms with Gasteiger partial charge in [-0.25, -0.2) is 21.5 Å². The van der Waals surface area contributed by atoms with E-state index in [1.165, 1.54) is 21.3 Å². The number of carbonyl (C=O) groups excluding carboxylic acids is 1. The normalized spacial score (nSPS) is 11.1. The van der Waals surface area contributed by atoms with Gasteiger partial charge in [-0.05, 0) is 55.3 Å². The number of hydrogen-bond donors (Lipinski definition) is 2. The molecule has 2 aromatic carbocycles. The third-order valence-electron chi connectivity index (χ3n) is 4.29. The van der Waals surface area contributed by atoms with Gasteiger partial charge < -0.3 is 14.3 Å². The van der Waals surface area contributed by atoms with Gasteiger partial charge in [-0.2, -0.15) is 0 Å². The summed E-state index contributed by atoms with van der Waals surface area (Å²) < 4.78 is 11.4. The van der Waals surface area contributed by atoms with Crippen LogP contribution in [0.2, 0.25) is 0 Å². The van der Waals surface area contributed by atoms with Gasteiger partial charge in [0.1, 0.15) is 25.2 Å². The minimum atomic E-state index is -0.576. The molecule has 29 heavy (non-hydrogen) atoms. The maximum atomic E-state index is 12.2. The molecule has 0 aliphatic heterocycles. The zero-order valence-corrected chi connectivity index (χ0v) is 17.3. The summed E-state index contributed by atoms with van der Waals surface area (Å²) in [6.45, 7) is 3.94. The number of nitrogens with two attached hydrogens (primary N) is 2. The van der Waals surface area contributed by atoms with Crippen LogP contribution in [-0.2, 0) is 11.4 Å². The highest BCUT2D eigenvalue weighted by Crippen LogP contribution is 2.31. The van der Waals surface area contributed by atoms with E-state index in [0.717, 1.165) is 26.9 Å². The van der Waals surface area contributed by atoms with E-state index in [1.807, 2.05) is 32.0 Å². The van der Waals surface area contributed by atoms with Crippen LogP contribution >= 0.6 is 0 Å². The number of ether oxygens (including phenoxy) is 2. The average molecular weight is 401 g/mol. The second-order valence-electron chi connectivity index (χ2n) is 6.35. The van der Waals surface area contributed by atoms with Crippen LogP contribution in [0.25, 0.3) is 0 Å². The van der Waals surface area contributed by atoms with Gasteiger partial charge >= 0.3 is 6.03 Å². The highest BCUT2D eigenvalue weighted by molar-refractivity contribution is 5.98. The molecule has 2 rings (SSSR count). The Hall–Kier alpha value is -3.30. The fraction of sp³-hybridized carbons (Fsp3) is 0.300. The van der Waals surface area contributed by atoms with Crippen LogP contribution in [-0.4, -0.2) is 38.0 Å². The Balaban J connectivity index is 2.30. The van der Waals surface area contributed by atoms with Crippen molar-refractivity contribution >= 4 is 17.4 Å². The molecule has 9 nitrogen and oxygen atoms in total. The van der Waals surface area contributed by atoms with Gasteiger partial charge in [-0.15, -0.1) is 0 Å². The first kappa shape index (κ1) is 22.0. The van der Waals surface area contributed by atoms with Gasteiger partial charge in [0, 0.05) is 7.05 Å². The summed E-state index contributed by atoms with van der Waals surface area (Å²) in [6, 6.07) is 10.3. The molecule has 0 heterocycles. The highest BCUT2D eigenvalue weighted by atomic mass is 16.6. The summed E-state index contributed by atoms with van der Waals surface area (Å²) in [6.07, 6.45) is 0. The van der Waals surface area contributed by atoms with E-state index in [0.29, 0.717) is 22.7 Å². The van der Waals surface area contributed by atoms with E-state index in [4.69, 9.17) is 26.0 Å². The van der Waals surface area contributed by atoms with Gasteiger partial charge in [0.25, 0.3) is 0 Å². The molecule has 0 spiro atoms. The molecule has 2 aromatic rings. The number of aryl methyl sites for hydroxylation is 1. The number of hydrogen-bond acceptors (Lipinski definition) is 7. The zero-order chi connectivity index (χ0) is 21.6. The third-order valence-corrected chi connectivity index (χ3v) is 4.29. The van der Waals surface area contributed by atoms with Crippen molar-refractivity contribution in [3.63, 3.8) is 0 Å². The molecule has 0 aliphatic rings. The number of carbonyl (C=O) groups is 1. The number of urea groups is 1. The van der Waals surface area contributed by atoms with Crippen molar-refractivity contribution in [2.45, 2.75) is 20.5 Å². The van der Waals surface area contributed by atoms with Crippen LogP contribution in [0.5, 0.6) is 11.5 Å². The molecule has 0 aromatic heterocycles. The van der Waals surface area contributed by atoms with E-state index in [1.54, 1.807) is 18.2 Å². The lowest BCUT2D eigenvalue weighted by atomic mass is 10.1. The first-order valence-corrected chi connectivity index (χ1v) is 8.84. The van der Waals surface area contributed by atoms with Crippen molar-refractivity contribution in [2.24, 2.45) is 16.8 Å². The van der Waals surface area contributed by atoms with Gasteiger partial charge in [-0.1, -0.05) is 11.2 Å². The molecule has 4 N–H and O–H groups in total. The standard InChI is InChI=1S/C20H27N5O4/c1-13-11-15(14(2)23-28-5)9-10-18(13)29-12-16-17(7-6-8-19(16)27-4)25(22)20(26)24(3)21/h6-11H,12,21-22H2,1-5H3. The fourth-order valence-electron chi connectivity index (χ4n) is 2.77. The van der Waals surface area contributed by atoms with Crippen molar-refractivity contribution in [1.29, 1.82) is 0 Å². The summed E-state index contributed by atoms with van der Waals surface area (Å²) in [7, 11) is 4.46. The second-order valence-corrected chi connectivity index (χ2v) is 6.35. The van der Waals surface area contributed by atoms with Gasteiger partial charge in [-0.3, -0.25) is 5.01 Å². The van der Waals surface area contributed by atoms with Crippen LogP contribution in [0.1, 0.15) is 23.6 Å². The summed E-state index contributed by atoms with van der Waals surface area (Å²) in [4.78, 5) is 17.0. The summed E-state index contributed by atoms with van der Waals surface area (Å²) >= 11 is 0. The molecule has 0 saturated carbocycles. The second kappa shape index (κ2) is 9.76. The number of hydrazine groups is 2. The van der Waals surface area contributed by atoms with E-state index in [9.17, 15) is 4.79 Å². The molecule has 0 atom stereocenters. The molecule has 0 saturated heterocycles. The topological polar surface area (TPSA) is 116 Å². The van der Waals surface area contributed by atoms with Crippen LogP contribution in [0.3, 0.4) is 0 Å². The maximum absolute atomic E-state index is 12.2. The van der Waals surface area contributed by atoms with Crippen molar-refractivity contribution in [3.8, 4) is 11.5 Å². The largest absolute Gasteiger partial charge is 0.496 e. The lowest BCUT2D eigenvalue weighted by Crippen LogP contribution is -2.49. The number of anilines is 1. The first-order chi connectivity index (χ1) is 13.8. The fourth-order valence-corrected chi connectivity index (χ4v) is 2.77. The maximum Gasteiger partial charge on any atom is 0.352 e. The van der Waals surface area contributed by atoms with Crippen LogP contribution in [0.4, 0.5) is 10.5 Å². The lowest BCUT2D eigenvalue weighted by Gasteiger charge is -2.24. The molecule has 0 radical (unpaired) electrons. The van der Waals surface area contributed by atoms with Gasteiger partial charge in [0.2, 0.25) is 0 Å². The molecule has 0 aliphatic carbocycles. The van der Waals surface area contributed by atoms with Crippen molar-refractivity contribution < 1.29 is 19.1 Å². The Bertz CT molecular complexity index is 898. The monoisotopic (exact) mass is 401 g/mol. The van der Waals surface area contributed by atoms with Crippen molar-refractivity contribution in [2.75, 3.05) is 26.3 Å². The summed E-state index contributed by atoms with van der Waals surface area (Å²) in [5.74, 6) is 12.7. The predicted molar refractivity (Wildman–Crippen MR) is 112 cm³/mol. The van der Waals surface area contributed by atoms with Crippen LogP contribution < -0.4 is 26.2 Å². The number of amides is 2. The number of nitrogens with zero attached hydrogens (tertiary/aromatic N) is 3. The Morgan fingerprint density at radius 3 is 2.45 bits per heavy atom. The average Bonchev–Trinajstić information content (AvgIpc) is 2.71. The molecule has 0 unspecified atom stereocenters. The number of benzene rings is 2. The number of methoxy groups -OCH3 is 1. The van der Waals surface area contributed by atoms with Crippen molar-refractivity contribution in [3.05, 3.63) is 53.1 Å². The van der Waals surface area contributed by atoms with Crippen molar-refractivity contribution in [1.82, 2.24) is 5.01 Å². The van der Waals surface area contributed by atoms with Gasteiger partial charge in [0.15, 0.2) is 0 Å².